The molecular formula is C14H12BrFNO3. The Morgan fingerprint density at radius 2 is 2.30 bits per heavy atom. The van der Waals surface area contributed by atoms with Crippen LogP contribution in [0.25, 0.3) is 5.57 Å². The highest BCUT2D eigenvalue weighted by Gasteiger charge is 2.30. The molecule has 0 aromatic heterocycles. The summed E-state index contributed by atoms with van der Waals surface area (Å²) in [6.45, 7) is 1.73. The highest BCUT2D eigenvalue weighted by atomic mass is 79.9. The minimum atomic E-state index is -1.17. The molecule has 1 aromatic rings. The average Bonchev–Trinajstić information content (AvgIpc) is 2.45. The van der Waals surface area contributed by atoms with Crippen molar-refractivity contribution in [3.05, 3.63) is 40.3 Å². The van der Waals surface area contributed by atoms with Gasteiger partial charge >= 0.3 is 5.97 Å². The molecule has 1 aromatic carbocycles. The third-order valence-corrected chi connectivity index (χ3v) is 3.82. The first-order chi connectivity index (χ1) is 9.51. The number of halogens is 2. The van der Waals surface area contributed by atoms with Crippen molar-refractivity contribution in [2.24, 2.45) is 0 Å². The Morgan fingerprint density at radius 3 is 2.85 bits per heavy atom. The third kappa shape index (κ3) is 2.35. The maximum absolute atomic E-state index is 13.9. The molecule has 2 rings (SSSR count). The number of rotatable bonds is 4. The standard InChI is InChI=1S/C14H12BrFNO3/c1-7(6-18)8-2-3-10(16)9-5-17-11(4-15)13(12(8)9)14(19)20/h2-3,6-7H,4-5H2,1H3,(H,19,20). The van der Waals surface area contributed by atoms with E-state index in [1.807, 2.05) is 0 Å². The van der Waals surface area contributed by atoms with Crippen LogP contribution in [0.5, 0.6) is 0 Å². The van der Waals surface area contributed by atoms with Crippen molar-refractivity contribution in [2.75, 3.05) is 5.33 Å². The van der Waals surface area contributed by atoms with Crippen LogP contribution in [0.4, 0.5) is 4.39 Å². The molecule has 0 fully saturated rings. The van der Waals surface area contributed by atoms with Crippen molar-refractivity contribution in [3.63, 3.8) is 0 Å². The summed E-state index contributed by atoms with van der Waals surface area (Å²) in [5, 5.41) is 13.8. The summed E-state index contributed by atoms with van der Waals surface area (Å²) in [7, 11) is 0. The van der Waals surface area contributed by atoms with Crippen LogP contribution < -0.4 is 5.32 Å². The first-order valence-electron chi connectivity index (χ1n) is 5.98. The second-order valence-electron chi connectivity index (χ2n) is 4.49. The Morgan fingerprint density at radius 1 is 1.60 bits per heavy atom. The predicted octanol–water partition coefficient (Wildman–Crippen LogP) is 2.44. The molecule has 1 heterocycles. The lowest BCUT2D eigenvalue weighted by Crippen LogP contribution is -2.23. The topological polar surface area (TPSA) is 68.5 Å². The molecule has 4 nitrogen and oxygen atoms in total. The van der Waals surface area contributed by atoms with Gasteiger partial charge in [0.25, 0.3) is 0 Å². The molecule has 105 valence electrons. The molecule has 20 heavy (non-hydrogen) atoms. The molecule has 0 amide bonds. The van der Waals surface area contributed by atoms with Crippen molar-refractivity contribution >= 4 is 33.8 Å². The zero-order valence-corrected chi connectivity index (χ0v) is 12.3. The monoisotopic (exact) mass is 340 g/mol. The number of alkyl halides is 1. The van der Waals surface area contributed by atoms with E-state index in [1.165, 1.54) is 12.1 Å². The fourth-order valence-electron chi connectivity index (χ4n) is 2.28. The lowest BCUT2D eigenvalue weighted by Gasteiger charge is -2.24. The molecule has 1 aliphatic rings. The Bertz CT molecular complexity index is 613. The maximum atomic E-state index is 13.9. The molecule has 0 saturated carbocycles. The number of nitrogens with zero attached hydrogens (tertiary/aromatic N) is 1. The van der Waals surface area contributed by atoms with Crippen LogP contribution in [0.1, 0.15) is 29.5 Å². The van der Waals surface area contributed by atoms with Gasteiger partial charge in [0.1, 0.15) is 12.1 Å². The minimum Gasteiger partial charge on any atom is -0.478 e. The molecule has 0 bridgehead atoms. The maximum Gasteiger partial charge on any atom is 0.338 e. The van der Waals surface area contributed by atoms with Crippen molar-refractivity contribution < 1.29 is 19.1 Å². The summed E-state index contributed by atoms with van der Waals surface area (Å²) in [6, 6.07) is 2.72. The van der Waals surface area contributed by atoms with Gasteiger partial charge in [-0.25, -0.2) is 9.18 Å². The van der Waals surface area contributed by atoms with Gasteiger partial charge in [0.15, 0.2) is 0 Å². The molecule has 0 aliphatic carbocycles. The van der Waals surface area contributed by atoms with E-state index >= 15 is 0 Å². The van der Waals surface area contributed by atoms with Gasteiger partial charge in [-0.2, -0.15) is 0 Å². The number of aldehydes is 1. The molecule has 1 atom stereocenters. The Labute approximate surface area is 123 Å². The normalized spacial score (nSPS) is 15.3. The number of fused-ring (bicyclic) bond motifs is 1. The van der Waals surface area contributed by atoms with Crippen molar-refractivity contribution in [1.82, 2.24) is 5.32 Å². The summed E-state index contributed by atoms with van der Waals surface area (Å²) in [5.74, 6) is -2.18. The molecule has 0 saturated heterocycles. The number of carboxylic acid groups (broad SMARTS) is 1. The SMILES string of the molecule is CC(C=O)c1ccc(F)c2c1C(C(=O)O)=C(CBr)[N]C2. The van der Waals surface area contributed by atoms with Crippen LogP contribution in [-0.2, 0) is 16.1 Å². The van der Waals surface area contributed by atoms with Gasteiger partial charge < -0.3 is 9.90 Å². The van der Waals surface area contributed by atoms with E-state index in [0.717, 1.165) is 0 Å². The predicted molar refractivity (Wildman–Crippen MR) is 75.1 cm³/mol. The molecule has 6 heteroatoms. The molecule has 1 aliphatic heterocycles. The van der Waals surface area contributed by atoms with E-state index in [0.29, 0.717) is 23.1 Å². The number of hydrogen-bond acceptors (Lipinski definition) is 2. The quantitative estimate of drug-likeness (QED) is 0.676. The Hall–Kier alpha value is -1.69. The van der Waals surface area contributed by atoms with Crippen molar-refractivity contribution in [2.45, 2.75) is 19.4 Å². The lowest BCUT2D eigenvalue weighted by molar-refractivity contribution is -0.130. The van der Waals surface area contributed by atoms with Gasteiger partial charge in [0.05, 0.1) is 17.8 Å². The van der Waals surface area contributed by atoms with Gasteiger partial charge in [-0.05, 0) is 11.6 Å². The first-order valence-corrected chi connectivity index (χ1v) is 7.10. The largest absolute Gasteiger partial charge is 0.478 e. The van der Waals surface area contributed by atoms with Gasteiger partial charge in [0, 0.05) is 22.4 Å². The van der Waals surface area contributed by atoms with Gasteiger partial charge in [-0.3, -0.25) is 5.32 Å². The van der Waals surface area contributed by atoms with E-state index in [2.05, 4.69) is 21.2 Å². The van der Waals surface area contributed by atoms with E-state index in [-0.39, 0.29) is 23.0 Å². The van der Waals surface area contributed by atoms with Gasteiger partial charge in [0.2, 0.25) is 0 Å². The number of carboxylic acids is 1. The number of aliphatic carboxylic acids is 1. The number of allylic oxidation sites excluding steroid dienone is 1. The summed E-state index contributed by atoms with van der Waals surface area (Å²) in [5.41, 5.74) is 1.36. The van der Waals surface area contributed by atoms with Crippen molar-refractivity contribution in [3.8, 4) is 0 Å². The number of benzene rings is 1. The fraction of sp³-hybridized carbons (Fsp3) is 0.286. The second kappa shape index (κ2) is 5.75. The second-order valence-corrected chi connectivity index (χ2v) is 5.05. The molecule has 0 spiro atoms. The van der Waals surface area contributed by atoms with Crippen LogP contribution in [0.2, 0.25) is 0 Å². The van der Waals surface area contributed by atoms with Gasteiger partial charge in [-0.15, -0.1) is 0 Å². The van der Waals surface area contributed by atoms with Crippen molar-refractivity contribution in [1.29, 1.82) is 0 Å². The first kappa shape index (κ1) is 14.7. The highest BCUT2D eigenvalue weighted by Crippen LogP contribution is 2.35. The van der Waals surface area contributed by atoms with E-state index < -0.39 is 17.7 Å². The van der Waals surface area contributed by atoms with E-state index in [1.54, 1.807) is 6.92 Å². The zero-order valence-electron chi connectivity index (χ0n) is 10.7. The number of carbonyl (C=O) groups excluding carboxylic acids is 1. The average molecular weight is 341 g/mol. The third-order valence-electron chi connectivity index (χ3n) is 3.29. The fourth-order valence-corrected chi connectivity index (χ4v) is 2.74. The van der Waals surface area contributed by atoms with Crippen LogP contribution in [0, 0.1) is 5.82 Å². The Kier molecular flexibility index (Phi) is 4.23. The summed E-state index contributed by atoms with van der Waals surface area (Å²) >= 11 is 3.19. The number of hydrogen-bond donors (Lipinski definition) is 1. The molecule has 1 radical (unpaired) electrons. The molecule has 1 N–H and O–H groups in total. The Balaban J connectivity index is 2.79. The van der Waals surface area contributed by atoms with Crippen LogP contribution in [0.15, 0.2) is 17.8 Å². The van der Waals surface area contributed by atoms with E-state index in [4.69, 9.17) is 0 Å². The molecule has 1 unspecified atom stereocenters. The zero-order chi connectivity index (χ0) is 14.9. The van der Waals surface area contributed by atoms with E-state index in [9.17, 15) is 19.1 Å². The van der Waals surface area contributed by atoms with Crippen LogP contribution in [-0.4, -0.2) is 22.7 Å². The minimum absolute atomic E-state index is 0.0358. The summed E-state index contributed by atoms with van der Waals surface area (Å²) < 4.78 is 13.9. The summed E-state index contributed by atoms with van der Waals surface area (Å²) in [4.78, 5) is 22.5. The van der Waals surface area contributed by atoms with Crippen LogP contribution in [0.3, 0.4) is 0 Å². The molecular weight excluding hydrogens is 329 g/mol. The van der Waals surface area contributed by atoms with Gasteiger partial charge in [-0.1, -0.05) is 28.9 Å². The van der Waals surface area contributed by atoms with Crippen LogP contribution >= 0.6 is 15.9 Å². The lowest BCUT2D eigenvalue weighted by atomic mass is 9.85. The number of carbonyl (C=O) groups is 2. The smallest absolute Gasteiger partial charge is 0.338 e. The highest BCUT2D eigenvalue weighted by molar-refractivity contribution is 9.09. The summed E-state index contributed by atoms with van der Waals surface area (Å²) in [6.07, 6.45) is 0.715.